The molecule has 3 nitrogen and oxygen atoms in total. The summed E-state index contributed by atoms with van der Waals surface area (Å²) < 4.78 is 24.5. The molecule has 0 aliphatic heterocycles. The maximum Gasteiger partial charge on any atom is 0.226 e. The monoisotopic (exact) mass is 325 g/mol. The lowest BCUT2D eigenvalue weighted by Gasteiger charge is -2.06. The van der Waals surface area contributed by atoms with E-state index in [4.69, 9.17) is 9.15 Å². The topological polar surface area (TPSA) is 35.3 Å². The summed E-state index contributed by atoms with van der Waals surface area (Å²) in [5.41, 5.74) is 2.88. The molecule has 24 heavy (non-hydrogen) atoms. The zero-order valence-electron chi connectivity index (χ0n) is 13.9. The molecule has 1 aromatic heterocycles. The largest absolute Gasteiger partial charge is 0.493 e. The minimum atomic E-state index is -0.273. The van der Waals surface area contributed by atoms with Crippen LogP contribution < -0.4 is 4.74 Å². The average Bonchev–Trinajstić information content (AvgIpc) is 2.97. The lowest BCUT2D eigenvalue weighted by molar-refractivity contribution is 0.319. The molecule has 0 aliphatic carbocycles. The van der Waals surface area contributed by atoms with Crippen molar-refractivity contribution in [3.8, 4) is 17.2 Å². The molecule has 0 amide bonds. The number of aryl methyl sites for hydroxylation is 2. The second-order valence-electron chi connectivity index (χ2n) is 5.63. The van der Waals surface area contributed by atoms with Gasteiger partial charge in [-0.2, -0.15) is 0 Å². The smallest absolute Gasteiger partial charge is 0.226 e. The van der Waals surface area contributed by atoms with Crippen LogP contribution in [0.2, 0.25) is 0 Å². The summed E-state index contributed by atoms with van der Waals surface area (Å²) in [6.45, 7) is 4.53. The van der Waals surface area contributed by atoms with Gasteiger partial charge >= 0.3 is 0 Å². The van der Waals surface area contributed by atoms with Gasteiger partial charge < -0.3 is 9.15 Å². The fourth-order valence-corrected chi connectivity index (χ4v) is 2.50. The third kappa shape index (κ3) is 3.82. The highest BCUT2D eigenvalue weighted by atomic mass is 19.1. The van der Waals surface area contributed by atoms with Gasteiger partial charge in [0, 0.05) is 12.0 Å². The number of halogens is 1. The molecular formula is C20H20FNO2. The third-order valence-electron chi connectivity index (χ3n) is 3.90. The first kappa shape index (κ1) is 16.2. The molecular weight excluding hydrogens is 305 g/mol. The van der Waals surface area contributed by atoms with Crippen LogP contribution in [-0.4, -0.2) is 11.6 Å². The summed E-state index contributed by atoms with van der Waals surface area (Å²) in [6, 6.07) is 14.2. The predicted molar refractivity (Wildman–Crippen MR) is 91.7 cm³/mol. The molecule has 1 heterocycles. The van der Waals surface area contributed by atoms with Crippen LogP contribution in [0.4, 0.5) is 4.39 Å². The highest BCUT2D eigenvalue weighted by molar-refractivity contribution is 5.53. The van der Waals surface area contributed by atoms with Crippen LogP contribution in [0.5, 0.6) is 5.75 Å². The SMILES string of the molecule is CCc1cccc(OCCc2nc(-c3ccc(F)cc3)oc2C)c1. The summed E-state index contributed by atoms with van der Waals surface area (Å²) in [4.78, 5) is 4.51. The Kier molecular flexibility index (Phi) is 4.94. The number of aromatic nitrogens is 1. The number of rotatable bonds is 6. The van der Waals surface area contributed by atoms with Crippen molar-refractivity contribution in [3.05, 3.63) is 71.4 Å². The van der Waals surface area contributed by atoms with Crippen LogP contribution in [0.15, 0.2) is 52.9 Å². The lowest BCUT2D eigenvalue weighted by Crippen LogP contribution is -2.03. The second kappa shape index (κ2) is 7.30. The fourth-order valence-electron chi connectivity index (χ4n) is 2.50. The Morgan fingerprint density at radius 1 is 1.12 bits per heavy atom. The fraction of sp³-hybridized carbons (Fsp3) is 0.250. The Bertz CT molecular complexity index is 809. The van der Waals surface area contributed by atoms with Crippen LogP contribution >= 0.6 is 0 Å². The third-order valence-corrected chi connectivity index (χ3v) is 3.90. The highest BCUT2D eigenvalue weighted by Crippen LogP contribution is 2.22. The van der Waals surface area contributed by atoms with Crippen LogP contribution in [0.3, 0.4) is 0 Å². The van der Waals surface area contributed by atoms with E-state index in [0.717, 1.165) is 29.2 Å². The summed E-state index contributed by atoms with van der Waals surface area (Å²) >= 11 is 0. The summed E-state index contributed by atoms with van der Waals surface area (Å²) in [5, 5.41) is 0. The molecule has 0 N–H and O–H groups in total. The van der Waals surface area contributed by atoms with Crippen LogP contribution in [-0.2, 0) is 12.8 Å². The minimum Gasteiger partial charge on any atom is -0.493 e. The van der Waals surface area contributed by atoms with E-state index < -0.39 is 0 Å². The molecule has 0 atom stereocenters. The molecule has 0 saturated heterocycles. The number of nitrogens with zero attached hydrogens (tertiary/aromatic N) is 1. The van der Waals surface area contributed by atoms with Gasteiger partial charge in [-0.3, -0.25) is 0 Å². The van der Waals surface area contributed by atoms with E-state index in [1.165, 1.54) is 17.7 Å². The maximum absolute atomic E-state index is 13.0. The molecule has 0 bridgehead atoms. The van der Waals surface area contributed by atoms with E-state index >= 15 is 0 Å². The molecule has 0 unspecified atom stereocenters. The standard InChI is InChI=1S/C20H20FNO2/c1-3-15-5-4-6-18(13-15)23-12-11-19-14(2)24-20(22-19)16-7-9-17(21)10-8-16/h4-10,13H,3,11-12H2,1-2H3. The van der Waals surface area contributed by atoms with Gasteiger partial charge in [-0.05, 0) is 55.3 Å². The van der Waals surface area contributed by atoms with Crippen LogP contribution in [0.25, 0.3) is 11.5 Å². The Morgan fingerprint density at radius 3 is 2.67 bits per heavy atom. The van der Waals surface area contributed by atoms with Gasteiger partial charge in [0.15, 0.2) is 0 Å². The van der Waals surface area contributed by atoms with E-state index in [9.17, 15) is 4.39 Å². The Balaban J connectivity index is 1.64. The zero-order chi connectivity index (χ0) is 16.9. The molecule has 0 radical (unpaired) electrons. The van der Waals surface area contributed by atoms with E-state index in [1.807, 2.05) is 19.1 Å². The molecule has 124 valence electrons. The van der Waals surface area contributed by atoms with Gasteiger partial charge in [-0.25, -0.2) is 9.37 Å². The first-order chi connectivity index (χ1) is 11.7. The lowest BCUT2D eigenvalue weighted by atomic mass is 10.2. The van der Waals surface area contributed by atoms with Gasteiger partial charge in [0.2, 0.25) is 5.89 Å². The molecule has 0 fully saturated rings. The van der Waals surface area contributed by atoms with Crippen molar-refractivity contribution in [1.29, 1.82) is 0 Å². The number of oxazole rings is 1. The first-order valence-corrected chi connectivity index (χ1v) is 8.09. The average molecular weight is 325 g/mol. The summed E-state index contributed by atoms with van der Waals surface area (Å²) in [7, 11) is 0. The van der Waals surface area contributed by atoms with Crippen molar-refractivity contribution in [3.63, 3.8) is 0 Å². The van der Waals surface area contributed by atoms with E-state index in [0.29, 0.717) is 18.9 Å². The van der Waals surface area contributed by atoms with Gasteiger partial charge in [0.25, 0.3) is 0 Å². The van der Waals surface area contributed by atoms with E-state index in [2.05, 4.69) is 24.0 Å². The van der Waals surface area contributed by atoms with E-state index in [-0.39, 0.29) is 5.82 Å². The zero-order valence-corrected chi connectivity index (χ0v) is 13.9. The molecule has 0 saturated carbocycles. The van der Waals surface area contributed by atoms with Crippen molar-refractivity contribution >= 4 is 0 Å². The molecule has 2 aromatic carbocycles. The number of ether oxygens (including phenoxy) is 1. The van der Waals surface area contributed by atoms with Gasteiger partial charge in [-0.15, -0.1) is 0 Å². The van der Waals surface area contributed by atoms with Crippen molar-refractivity contribution in [1.82, 2.24) is 4.98 Å². The maximum atomic E-state index is 13.0. The normalized spacial score (nSPS) is 10.8. The van der Waals surface area contributed by atoms with Gasteiger partial charge in [0.1, 0.15) is 17.3 Å². The summed E-state index contributed by atoms with van der Waals surface area (Å²) in [5.74, 6) is 1.87. The molecule has 0 spiro atoms. The van der Waals surface area contributed by atoms with Gasteiger partial charge in [-0.1, -0.05) is 19.1 Å². The Hall–Kier alpha value is -2.62. The van der Waals surface area contributed by atoms with Crippen molar-refractivity contribution in [2.75, 3.05) is 6.61 Å². The Labute approximate surface area is 141 Å². The predicted octanol–water partition coefficient (Wildman–Crippen LogP) is 4.97. The van der Waals surface area contributed by atoms with Crippen molar-refractivity contribution in [2.45, 2.75) is 26.7 Å². The number of benzene rings is 2. The Morgan fingerprint density at radius 2 is 1.92 bits per heavy atom. The number of hydrogen-bond donors (Lipinski definition) is 0. The molecule has 0 aliphatic rings. The summed E-state index contributed by atoms with van der Waals surface area (Å²) in [6.07, 6.45) is 1.65. The minimum absolute atomic E-state index is 0.273. The quantitative estimate of drug-likeness (QED) is 0.641. The highest BCUT2D eigenvalue weighted by Gasteiger charge is 2.11. The van der Waals surface area contributed by atoms with Crippen molar-refractivity contribution in [2.24, 2.45) is 0 Å². The molecule has 4 heteroatoms. The van der Waals surface area contributed by atoms with Crippen LogP contribution in [0.1, 0.15) is 23.9 Å². The first-order valence-electron chi connectivity index (χ1n) is 8.09. The van der Waals surface area contributed by atoms with Gasteiger partial charge in [0.05, 0.1) is 12.3 Å². The van der Waals surface area contributed by atoms with E-state index in [1.54, 1.807) is 12.1 Å². The van der Waals surface area contributed by atoms with Crippen LogP contribution in [0, 0.1) is 12.7 Å². The molecule has 3 aromatic rings. The number of hydrogen-bond acceptors (Lipinski definition) is 3. The van der Waals surface area contributed by atoms with Crippen molar-refractivity contribution < 1.29 is 13.5 Å². The second-order valence-corrected chi connectivity index (χ2v) is 5.63. The molecule has 3 rings (SSSR count).